The van der Waals surface area contributed by atoms with Crippen molar-refractivity contribution in [1.29, 1.82) is 0 Å². The molecule has 1 aliphatic rings. The SMILES string of the molecule is C#CCN(C(=O)C(C)CNCC)C1CCS(=O)(=O)C1. The summed E-state index contributed by atoms with van der Waals surface area (Å²) >= 11 is 0. The number of carbonyl (C=O) groups is 1. The molecule has 5 nitrogen and oxygen atoms in total. The van der Waals surface area contributed by atoms with Crippen LogP contribution in [0.25, 0.3) is 0 Å². The van der Waals surface area contributed by atoms with E-state index in [1.807, 2.05) is 13.8 Å². The largest absolute Gasteiger partial charge is 0.327 e. The zero-order chi connectivity index (χ0) is 14.5. The first-order chi connectivity index (χ1) is 8.91. The number of hydrogen-bond acceptors (Lipinski definition) is 4. The van der Waals surface area contributed by atoms with E-state index >= 15 is 0 Å². The molecule has 6 heteroatoms. The van der Waals surface area contributed by atoms with Gasteiger partial charge in [0, 0.05) is 18.5 Å². The molecule has 2 unspecified atom stereocenters. The predicted octanol–water partition coefficient (Wildman–Crippen LogP) is -0.119. The predicted molar refractivity (Wildman–Crippen MR) is 75.3 cm³/mol. The van der Waals surface area contributed by atoms with Crippen LogP contribution in [0.5, 0.6) is 0 Å². The molecule has 0 aromatic rings. The van der Waals surface area contributed by atoms with Gasteiger partial charge in [0.25, 0.3) is 0 Å². The van der Waals surface area contributed by atoms with Gasteiger partial charge in [-0.25, -0.2) is 8.42 Å². The Morgan fingerprint density at radius 2 is 2.26 bits per heavy atom. The summed E-state index contributed by atoms with van der Waals surface area (Å²) in [6, 6.07) is -0.266. The van der Waals surface area contributed by atoms with Crippen LogP contribution in [-0.2, 0) is 14.6 Å². The standard InChI is InChI=1S/C13H22N2O3S/c1-4-7-15(12-6-8-19(17,18)10-12)13(16)11(3)9-14-5-2/h1,11-12,14H,5-10H2,2-3H3. The van der Waals surface area contributed by atoms with Gasteiger partial charge in [-0.15, -0.1) is 6.42 Å². The lowest BCUT2D eigenvalue weighted by atomic mass is 10.1. The molecule has 2 atom stereocenters. The highest BCUT2D eigenvalue weighted by Crippen LogP contribution is 2.19. The monoisotopic (exact) mass is 286 g/mol. The third-order valence-electron chi connectivity index (χ3n) is 3.32. The maximum atomic E-state index is 12.3. The molecule has 1 aliphatic heterocycles. The fraction of sp³-hybridized carbons (Fsp3) is 0.769. The first-order valence-corrected chi connectivity index (χ1v) is 8.38. The molecular formula is C13H22N2O3S. The average molecular weight is 286 g/mol. The van der Waals surface area contributed by atoms with Crippen LogP contribution in [0, 0.1) is 18.3 Å². The normalized spacial score (nSPS) is 22.7. The van der Waals surface area contributed by atoms with E-state index in [-0.39, 0.29) is 35.9 Å². The second-order valence-corrected chi connectivity index (χ2v) is 7.16. The topological polar surface area (TPSA) is 66.5 Å². The van der Waals surface area contributed by atoms with Gasteiger partial charge in [-0.2, -0.15) is 0 Å². The summed E-state index contributed by atoms with van der Waals surface area (Å²) in [4.78, 5) is 13.9. The Hall–Kier alpha value is -1.06. The molecule has 0 aromatic carbocycles. The van der Waals surface area contributed by atoms with Crippen molar-refractivity contribution in [3.05, 3.63) is 0 Å². The molecule has 1 rings (SSSR count). The van der Waals surface area contributed by atoms with Crippen LogP contribution in [0.2, 0.25) is 0 Å². The molecular weight excluding hydrogens is 264 g/mol. The molecule has 0 aromatic heterocycles. The third kappa shape index (κ3) is 4.51. The lowest BCUT2D eigenvalue weighted by Gasteiger charge is -2.29. The van der Waals surface area contributed by atoms with Crippen molar-refractivity contribution < 1.29 is 13.2 Å². The highest BCUT2D eigenvalue weighted by atomic mass is 32.2. The summed E-state index contributed by atoms with van der Waals surface area (Å²) in [5, 5.41) is 3.12. The maximum Gasteiger partial charge on any atom is 0.227 e. The van der Waals surface area contributed by atoms with E-state index in [0.717, 1.165) is 6.54 Å². The van der Waals surface area contributed by atoms with Crippen LogP contribution in [0.3, 0.4) is 0 Å². The van der Waals surface area contributed by atoms with E-state index in [4.69, 9.17) is 6.42 Å². The fourth-order valence-electron chi connectivity index (χ4n) is 2.24. The summed E-state index contributed by atoms with van der Waals surface area (Å²) in [6.45, 7) is 5.35. The molecule has 1 fully saturated rings. The third-order valence-corrected chi connectivity index (χ3v) is 5.07. The van der Waals surface area contributed by atoms with Gasteiger partial charge >= 0.3 is 0 Å². The minimum atomic E-state index is -3.01. The summed E-state index contributed by atoms with van der Waals surface area (Å²) in [5.74, 6) is 2.37. The molecule has 108 valence electrons. The van der Waals surface area contributed by atoms with E-state index in [2.05, 4.69) is 11.2 Å². The minimum Gasteiger partial charge on any atom is -0.327 e. The molecule has 0 saturated carbocycles. The smallest absolute Gasteiger partial charge is 0.227 e. The summed E-state index contributed by atoms with van der Waals surface area (Å²) in [5.41, 5.74) is 0. The van der Waals surface area contributed by atoms with Crippen LogP contribution in [0.15, 0.2) is 0 Å². The number of carbonyl (C=O) groups excluding carboxylic acids is 1. The van der Waals surface area contributed by atoms with Crippen LogP contribution in [0.1, 0.15) is 20.3 Å². The Morgan fingerprint density at radius 1 is 1.58 bits per heavy atom. The molecule has 1 saturated heterocycles. The van der Waals surface area contributed by atoms with Crippen LogP contribution >= 0.6 is 0 Å². The first-order valence-electron chi connectivity index (χ1n) is 6.56. The van der Waals surface area contributed by atoms with E-state index in [1.165, 1.54) is 0 Å². The van der Waals surface area contributed by atoms with Gasteiger partial charge < -0.3 is 10.2 Å². The Kier molecular flexibility index (Phi) is 5.83. The van der Waals surface area contributed by atoms with Crippen LogP contribution in [-0.4, -0.2) is 56.4 Å². The van der Waals surface area contributed by atoms with E-state index in [1.54, 1.807) is 4.90 Å². The highest BCUT2D eigenvalue weighted by Gasteiger charge is 2.35. The summed E-state index contributed by atoms with van der Waals surface area (Å²) in [6.07, 6.45) is 5.78. The highest BCUT2D eigenvalue weighted by molar-refractivity contribution is 7.91. The minimum absolute atomic E-state index is 0.0361. The van der Waals surface area contributed by atoms with E-state index in [9.17, 15) is 13.2 Å². The van der Waals surface area contributed by atoms with Crippen molar-refractivity contribution in [2.75, 3.05) is 31.1 Å². The van der Waals surface area contributed by atoms with Crippen molar-refractivity contribution >= 4 is 15.7 Å². The van der Waals surface area contributed by atoms with Gasteiger partial charge in [-0.1, -0.05) is 19.8 Å². The number of hydrogen-bond donors (Lipinski definition) is 1. The molecule has 0 radical (unpaired) electrons. The molecule has 0 spiro atoms. The quantitative estimate of drug-likeness (QED) is 0.691. The van der Waals surface area contributed by atoms with Gasteiger partial charge in [0.05, 0.1) is 18.1 Å². The van der Waals surface area contributed by atoms with Gasteiger partial charge in [0.1, 0.15) is 0 Å². The van der Waals surface area contributed by atoms with Crippen molar-refractivity contribution in [3.63, 3.8) is 0 Å². The lowest BCUT2D eigenvalue weighted by Crippen LogP contribution is -2.46. The zero-order valence-electron chi connectivity index (χ0n) is 11.6. The van der Waals surface area contributed by atoms with Crippen LogP contribution in [0.4, 0.5) is 0 Å². The maximum absolute atomic E-state index is 12.3. The Morgan fingerprint density at radius 3 is 2.74 bits per heavy atom. The fourth-order valence-corrected chi connectivity index (χ4v) is 3.97. The Bertz CT molecular complexity index is 453. The van der Waals surface area contributed by atoms with Gasteiger partial charge in [-0.3, -0.25) is 4.79 Å². The molecule has 1 heterocycles. The number of amides is 1. The molecule has 1 amide bonds. The van der Waals surface area contributed by atoms with Gasteiger partial charge in [0.2, 0.25) is 5.91 Å². The molecule has 0 bridgehead atoms. The summed E-state index contributed by atoms with van der Waals surface area (Å²) < 4.78 is 23.0. The van der Waals surface area contributed by atoms with Crippen molar-refractivity contribution in [1.82, 2.24) is 10.2 Å². The van der Waals surface area contributed by atoms with E-state index in [0.29, 0.717) is 13.0 Å². The Labute approximate surface area is 115 Å². The second-order valence-electron chi connectivity index (χ2n) is 4.94. The average Bonchev–Trinajstić information content (AvgIpc) is 2.72. The second kappa shape index (κ2) is 6.92. The van der Waals surface area contributed by atoms with Crippen molar-refractivity contribution in [2.45, 2.75) is 26.3 Å². The van der Waals surface area contributed by atoms with E-state index < -0.39 is 9.84 Å². The van der Waals surface area contributed by atoms with Crippen molar-refractivity contribution in [2.24, 2.45) is 5.92 Å². The molecule has 19 heavy (non-hydrogen) atoms. The number of sulfone groups is 1. The number of nitrogens with one attached hydrogen (secondary N) is 1. The van der Waals surface area contributed by atoms with Crippen molar-refractivity contribution in [3.8, 4) is 12.3 Å². The Balaban J connectivity index is 2.72. The lowest BCUT2D eigenvalue weighted by molar-refractivity contribution is -0.136. The zero-order valence-corrected chi connectivity index (χ0v) is 12.4. The molecule has 0 aliphatic carbocycles. The summed E-state index contributed by atoms with van der Waals surface area (Å²) in [7, 11) is -3.01. The number of rotatable bonds is 6. The number of nitrogens with zero attached hydrogens (tertiary/aromatic N) is 1. The molecule has 1 N–H and O–H groups in total. The van der Waals surface area contributed by atoms with Gasteiger partial charge in [0.15, 0.2) is 9.84 Å². The van der Waals surface area contributed by atoms with Crippen LogP contribution < -0.4 is 5.32 Å². The van der Waals surface area contributed by atoms with Gasteiger partial charge in [-0.05, 0) is 13.0 Å². The number of terminal acetylenes is 1. The first kappa shape index (κ1) is 16.0.